The molecule has 0 aliphatic carbocycles. The molecule has 0 spiro atoms. The number of aromatic hydroxyl groups is 2. The average molecular weight is 1060 g/mol. The molecule has 34 heteroatoms. The van der Waals surface area contributed by atoms with E-state index in [1.54, 1.807) is 0 Å². The van der Waals surface area contributed by atoms with Crippen LogP contribution < -0.4 is 22.1 Å². The predicted molar refractivity (Wildman–Crippen MR) is 245 cm³/mol. The first kappa shape index (κ1) is 53.7. The highest BCUT2D eigenvalue weighted by molar-refractivity contribution is 7.91. The quantitative estimate of drug-likeness (QED) is 0.0275. The standard InChI is InChI=1S/C37H34N12O18S4/c38-36(54)40-29-17-22(5-11-27(29)46-42-20-1-7-24(8-2-20)68(56,57)15-13-66-70(60,61)62)44-48-32-26(35(52)53)19-31(50)33(34(32)51)49-45-23-6-12-28(30(18-23)41-37(39)55)47-43-21-3-9-25(10-4-21)69(58,59)16-14-67-71(63,64)65/h1-12,17-19,50-51H,13-16H2,(H,52,53)(H3,38,40,54)(H3,39,41,55)(H,60,61,62)(H,63,64,65). The van der Waals surface area contributed by atoms with Crippen LogP contribution in [0.15, 0.2) is 142 Å². The van der Waals surface area contributed by atoms with Gasteiger partial charge in [0, 0.05) is 0 Å². The number of carboxylic acids is 1. The predicted octanol–water partition coefficient (Wildman–Crippen LogP) is 6.63. The van der Waals surface area contributed by atoms with Crippen molar-refractivity contribution in [2.45, 2.75) is 9.79 Å². The van der Waals surface area contributed by atoms with Gasteiger partial charge in [-0.25, -0.2) is 39.6 Å². The zero-order valence-electron chi connectivity index (χ0n) is 35.4. The molecule has 374 valence electrons. The van der Waals surface area contributed by atoms with E-state index >= 15 is 0 Å². The summed E-state index contributed by atoms with van der Waals surface area (Å²) in [7, 11) is -17.8. The third-order valence-corrected chi connectivity index (χ3v) is 12.9. The fourth-order valence-corrected chi connectivity index (χ4v) is 8.40. The Morgan fingerprint density at radius 1 is 0.507 bits per heavy atom. The summed E-state index contributed by atoms with van der Waals surface area (Å²) in [6.45, 7) is -1.68. The molecule has 5 rings (SSSR count). The number of hydrogen-bond acceptors (Lipinski definition) is 23. The van der Waals surface area contributed by atoms with E-state index in [0.717, 1.165) is 24.3 Å². The summed E-state index contributed by atoms with van der Waals surface area (Å²) >= 11 is 0. The van der Waals surface area contributed by atoms with Gasteiger partial charge in [-0.3, -0.25) is 9.11 Å². The first-order valence-corrected chi connectivity index (χ1v) is 25.0. The number of sulfone groups is 2. The summed E-state index contributed by atoms with van der Waals surface area (Å²) < 4.78 is 118. The molecule has 0 fully saturated rings. The number of benzene rings is 5. The van der Waals surface area contributed by atoms with Gasteiger partial charge in [0.1, 0.15) is 22.8 Å². The van der Waals surface area contributed by atoms with Crippen LogP contribution in [0.3, 0.4) is 0 Å². The SMILES string of the molecule is NC(=O)Nc1cc(N=Nc2c(O)cc(C(=O)O)c(N=Nc3ccc(N=Nc4ccc(S(=O)(=O)CCOS(=O)(=O)O)cc4)c(NC(N)=O)c3)c2O)ccc1N=Nc1ccc(S(=O)(=O)CCOS(=O)(=O)O)cc1. The third-order valence-electron chi connectivity index (χ3n) is 8.57. The van der Waals surface area contributed by atoms with E-state index < -0.39 is 112 Å². The molecule has 0 heterocycles. The van der Waals surface area contributed by atoms with E-state index in [4.69, 9.17) is 20.6 Å². The number of hydrogen-bond donors (Lipinski definition) is 9. The molecule has 4 amide bonds. The fraction of sp³-hybridized carbons (Fsp3) is 0.108. The fourth-order valence-electron chi connectivity index (χ4n) is 5.42. The van der Waals surface area contributed by atoms with Gasteiger partial charge in [0.25, 0.3) is 0 Å². The van der Waals surface area contributed by atoms with Gasteiger partial charge in [-0.2, -0.15) is 37.3 Å². The Morgan fingerprint density at radius 3 is 1.24 bits per heavy atom. The molecule has 30 nitrogen and oxygen atoms in total. The highest BCUT2D eigenvalue weighted by Gasteiger charge is 2.23. The van der Waals surface area contributed by atoms with Crippen LogP contribution in [0.25, 0.3) is 0 Å². The van der Waals surface area contributed by atoms with Crippen molar-refractivity contribution in [3.05, 3.63) is 96.6 Å². The molecular weight excluding hydrogens is 1030 g/mol. The minimum absolute atomic E-state index is 0.0142. The van der Waals surface area contributed by atoms with Crippen LogP contribution >= 0.6 is 0 Å². The molecule has 5 aromatic rings. The normalized spacial score (nSPS) is 12.5. The van der Waals surface area contributed by atoms with Crippen LogP contribution in [-0.4, -0.2) is 101 Å². The van der Waals surface area contributed by atoms with Gasteiger partial charge in [0.2, 0.25) is 0 Å². The molecule has 5 aromatic carbocycles. The second-order valence-corrected chi connectivity index (χ2v) is 20.0. The lowest BCUT2D eigenvalue weighted by Crippen LogP contribution is -2.19. The number of nitrogens with two attached hydrogens (primary N) is 2. The summed E-state index contributed by atoms with van der Waals surface area (Å²) in [4.78, 5) is 35.4. The van der Waals surface area contributed by atoms with Gasteiger partial charge in [0.15, 0.2) is 31.1 Å². The first-order chi connectivity index (χ1) is 33.2. The molecule has 0 saturated heterocycles. The molecule has 11 N–H and O–H groups in total. The number of amides is 4. The van der Waals surface area contributed by atoms with Crippen LogP contribution in [0.5, 0.6) is 11.5 Å². The number of carboxylic acid groups (broad SMARTS) is 1. The number of carbonyl (C=O) groups is 3. The topological polar surface area (TPSA) is 482 Å². The Balaban J connectivity index is 1.37. The highest BCUT2D eigenvalue weighted by Crippen LogP contribution is 2.47. The maximum Gasteiger partial charge on any atom is 0.397 e. The highest BCUT2D eigenvalue weighted by atomic mass is 32.3. The van der Waals surface area contributed by atoms with Gasteiger partial charge >= 0.3 is 38.8 Å². The zero-order chi connectivity index (χ0) is 52.3. The van der Waals surface area contributed by atoms with Crippen LogP contribution in [0, 0.1) is 0 Å². The number of aromatic carboxylic acids is 1. The van der Waals surface area contributed by atoms with Crippen molar-refractivity contribution in [3.8, 4) is 11.5 Å². The largest absolute Gasteiger partial charge is 0.505 e. The van der Waals surface area contributed by atoms with Gasteiger partial charge in [-0.1, -0.05) is 0 Å². The van der Waals surface area contributed by atoms with E-state index in [1.807, 2.05) is 0 Å². The summed E-state index contributed by atoms with van der Waals surface area (Å²) in [5.74, 6) is -5.13. The lowest BCUT2D eigenvalue weighted by Gasteiger charge is -2.09. The van der Waals surface area contributed by atoms with Crippen LogP contribution in [0.4, 0.5) is 66.5 Å². The molecule has 0 radical (unpaired) electrons. The van der Waals surface area contributed by atoms with E-state index in [9.17, 15) is 63.4 Å². The molecule has 0 aliphatic heterocycles. The van der Waals surface area contributed by atoms with Crippen molar-refractivity contribution in [3.63, 3.8) is 0 Å². The Bertz CT molecular complexity index is 3470. The van der Waals surface area contributed by atoms with Crippen LogP contribution in [0.2, 0.25) is 0 Å². The maximum absolute atomic E-state index is 12.5. The summed E-state index contributed by atoms with van der Waals surface area (Å²) in [6.07, 6.45) is 0. The number of carbonyl (C=O) groups excluding carboxylic acids is 2. The second kappa shape index (κ2) is 22.5. The van der Waals surface area contributed by atoms with Gasteiger partial charge in [0.05, 0.1) is 74.2 Å². The number of urea groups is 2. The Labute approximate surface area is 400 Å². The monoisotopic (exact) mass is 1060 g/mol. The lowest BCUT2D eigenvalue weighted by atomic mass is 10.1. The van der Waals surface area contributed by atoms with Crippen molar-refractivity contribution < 1.29 is 80.8 Å². The number of nitrogens with one attached hydrogen (secondary N) is 2. The number of azo groups is 4. The molecule has 71 heavy (non-hydrogen) atoms. The Morgan fingerprint density at radius 2 is 0.873 bits per heavy atom. The van der Waals surface area contributed by atoms with E-state index in [-0.39, 0.29) is 55.3 Å². The number of phenolic OH excluding ortho intramolecular Hbond substituents is 2. The Kier molecular flexibility index (Phi) is 17.0. The number of anilines is 2. The number of phenols is 2. The molecular formula is C37H34N12O18S4. The molecule has 0 saturated carbocycles. The smallest absolute Gasteiger partial charge is 0.397 e. The minimum Gasteiger partial charge on any atom is -0.505 e. The molecule has 0 unspecified atom stereocenters. The summed E-state index contributed by atoms with van der Waals surface area (Å²) in [5.41, 5.74) is 8.28. The minimum atomic E-state index is -4.85. The van der Waals surface area contributed by atoms with Gasteiger partial charge in [-0.15, -0.1) is 20.5 Å². The van der Waals surface area contributed by atoms with Gasteiger partial charge < -0.3 is 37.4 Å². The van der Waals surface area contributed by atoms with Gasteiger partial charge in [-0.05, 0) is 91.0 Å². The number of primary amides is 2. The molecule has 0 bridgehead atoms. The average Bonchev–Trinajstić information content (AvgIpc) is 3.26. The van der Waals surface area contributed by atoms with E-state index in [1.165, 1.54) is 60.7 Å². The van der Waals surface area contributed by atoms with Crippen LogP contribution in [0.1, 0.15) is 10.4 Å². The van der Waals surface area contributed by atoms with Crippen LogP contribution in [-0.2, 0) is 48.8 Å². The molecule has 0 aliphatic rings. The van der Waals surface area contributed by atoms with Crippen molar-refractivity contribution in [1.29, 1.82) is 0 Å². The van der Waals surface area contributed by atoms with Crippen molar-refractivity contribution in [1.82, 2.24) is 0 Å². The maximum atomic E-state index is 12.5. The third kappa shape index (κ3) is 15.9. The van der Waals surface area contributed by atoms with E-state index in [0.29, 0.717) is 6.07 Å². The zero-order valence-corrected chi connectivity index (χ0v) is 38.7. The van der Waals surface area contributed by atoms with Crippen molar-refractivity contribution >= 4 is 115 Å². The summed E-state index contributed by atoms with van der Waals surface area (Å²) in [6, 6.07) is 15.6. The number of nitrogens with zero attached hydrogens (tertiary/aromatic N) is 8. The number of rotatable bonds is 21. The Hall–Kier alpha value is -8.25. The lowest BCUT2D eigenvalue weighted by molar-refractivity contribution is 0.0696. The first-order valence-electron chi connectivity index (χ1n) is 19.0. The molecule has 0 atom stereocenters. The van der Waals surface area contributed by atoms with Crippen molar-refractivity contribution in [2.24, 2.45) is 52.4 Å². The summed E-state index contributed by atoms with van der Waals surface area (Å²) in [5, 5.41) is 67.8. The van der Waals surface area contributed by atoms with Crippen molar-refractivity contribution in [2.75, 3.05) is 35.4 Å². The van der Waals surface area contributed by atoms with E-state index in [2.05, 4.69) is 59.9 Å². The second-order valence-electron chi connectivity index (χ2n) is 13.6. The molecule has 0 aromatic heterocycles.